The molecule has 0 atom stereocenters. The number of aromatic nitrogens is 2. The number of benzene rings is 3. The SMILES string of the molecule is CCOc1ccc2nc(COC(=O)c3ccc(OC)cc3)c(C(=O)c3ccccc3)[n+]([O-])c2c1. The number of esters is 1. The van der Waals surface area contributed by atoms with Crippen LogP contribution >= 0.6 is 0 Å². The molecule has 4 aromatic rings. The molecule has 0 fully saturated rings. The predicted octanol–water partition coefficient (Wildman–Crippen LogP) is 3.86. The standard InChI is InChI=1S/C26H22N2O6/c1-3-33-20-13-14-21-23(15-20)28(31)24(25(29)17-7-5-4-6-8-17)22(27-21)16-34-26(30)18-9-11-19(32-2)12-10-18/h4-15H,3,16H2,1-2H3. The fourth-order valence-electron chi connectivity index (χ4n) is 3.45. The average molecular weight is 458 g/mol. The van der Waals surface area contributed by atoms with Gasteiger partial charge in [-0.25, -0.2) is 9.78 Å². The van der Waals surface area contributed by atoms with Crippen molar-refractivity contribution in [2.24, 2.45) is 0 Å². The van der Waals surface area contributed by atoms with Crippen molar-refractivity contribution in [1.82, 2.24) is 4.98 Å². The van der Waals surface area contributed by atoms with E-state index in [1.165, 1.54) is 13.2 Å². The fraction of sp³-hybridized carbons (Fsp3) is 0.154. The number of rotatable bonds is 8. The van der Waals surface area contributed by atoms with Gasteiger partial charge in [-0.15, -0.1) is 0 Å². The molecule has 0 aliphatic heterocycles. The Morgan fingerprint density at radius 2 is 1.65 bits per heavy atom. The molecule has 1 heterocycles. The number of methoxy groups -OCH3 is 1. The zero-order chi connectivity index (χ0) is 24.1. The molecule has 0 aliphatic carbocycles. The monoisotopic (exact) mass is 458 g/mol. The minimum atomic E-state index is -0.619. The van der Waals surface area contributed by atoms with Crippen LogP contribution in [0.2, 0.25) is 0 Å². The average Bonchev–Trinajstić information content (AvgIpc) is 2.88. The minimum Gasteiger partial charge on any atom is -0.618 e. The Labute approximate surface area is 195 Å². The second kappa shape index (κ2) is 9.99. The first-order valence-electron chi connectivity index (χ1n) is 10.6. The number of hydrogen-bond acceptors (Lipinski definition) is 7. The summed E-state index contributed by atoms with van der Waals surface area (Å²) in [5.41, 5.74) is 0.983. The van der Waals surface area contributed by atoms with Crippen LogP contribution in [-0.2, 0) is 11.3 Å². The Morgan fingerprint density at radius 3 is 2.32 bits per heavy atom. The van der Waals surface area contributed by atoms with Gasteiger partial charge in [0.2, 0.25) is 5.52 Å². The third-order valence-electron chi connectivity index (χ3n) is 5.13. The zero-order valence-electron chi connectivity index (χ0n) is 18.7. The highest BCUT2D eigenvalue weighted by molar-refractivity contribution is 6.07. The van der Waals surface area contributed by atoms with Gasteiger partial charge >= 0.3 is 5.97 Å². The van der Waals surface area contributed by atoms with Crippen molar-refractivity contribution >= 4 is 22.8 Å². The normalized spacial score (nSPS) is 10.6. The number of fused-ring (bicyclic) bond motifs is 1. The Bertz CT molecular complexity index is 1340. The zero-order valence-corrected chi connectivity index (χ0v) is 18.7. The van der Waals surface area contributed by atoms with Gasteiger partial charge in [0.15, 0.2) is 5.69 Å². The van der Waals surface area contributed by atoms with Crippen LogP contribution in [0.4, 0.5) is 0 Å². The largest absolute Gasteiger partial charge is 0.618 e. The first-order valence-corrected chi connectivity index (χ1v) is 10.6. The van der Waals surface area contributed by atoms with Crippen molar-refractivity contribution in [3.05, 3.63) is 101 Å². The van der Waals surface area contributed by atoms with E-state index in [4.69, 9.17) is 14.2 Å². The van der Waals surface area contributed by atoms with Crippen molar-refractivity contribution in [1.29, 1.82) is 0 Å². The van der Waals surface area contributed by atoms with E-state index >= 15 is 0 Å². The van der Waals surface area contributed by atoms with Gasteiger partial charge in [-0.2, -0.15) is 4.73 Å². The van der Waals surface area contributed by atoms with E-state index < -0.39 is 11.8 Å². The van der Waals surface area contributed by atoms with Crippen molar-refractivity contribution in [2.45, 2.75) is 13.5 Å². The van der Waals surface area contributed by atoms with Gasteiger partial charge in [-0.3, -0.25) is 4.79 Å². The molecule has 0 N–H and O–H groups in total. The highest BCUT2D eigenvalue weighted by Gasteiger charge is 2.28. The summed E-state index contributed by atoms with van der Waals surface area (Å²) in [4.78, 5) is 30.3. The molecule has 34 heavy (non-hydrogen) atoms. The van der Waals surface area contributed by atoms with Gasteiger partial charge in [0, 0.05) is 5.56 Å². The molecule has 0 saturated heterocycles. The highest BCUT2D eigenvalue weighted by atomic mass is 16.5. The summed E-state index contributed by atoms with van der Waals surface area (Å²) in [6, 6.07) is 19.6. The van der Waals surface area contributed by atoms with Crippen molar-refractivity contribution in [3.8, 4) is 11.5 Å². The maximum atomic E-state index is 13.4. The lowest BCUT2D eigenvalue weighted by Gasteiger charge is -2.13. The first kappa shape index (κ1) is 22.7. The lowest BCUT2D eigenvalue weighted by atomic mass is 10.1. The van der Waals surface area contributed by atoms with Gasteiger partial charge in [0.05, 0.1) is 25.3 Å². The molecule has 4 rings (SSSR count). The van der Waals surface area contributed by atoms with E-state index in [0.717, 1.165) is 0 Å². The molecule has 1 aromatic heterocycles. The summed E-state index contributed by atoms with van der Waals surface area (Å²) in [5, 5.41) is 13.4. The molecule has 0 spiro atoms. The maximum Gasteiger partial charge on any atom is 0.338 e. The van der Waals surface area contributed by atoms with Crippen LogP contribution in [0, 0.1) is 5.21 Å². The summed E-state index contributed by atoms with van der Waals surface area (Å²) in [7, 11) is 1.53. The van der Waals surface area contributed by atoms with Crippen LogP contribution in [0.25, 0.3) is 11.0 Å². The maximum absolute atomic E-state index is 13.4. The molecule has 0 saturated carbocycles. The van der Waals surface area contributed by atoms with Crippen LogP contribution in [-0.4, -0.2) is 30.5 Å². The molecule has 0 amide bonds. The van der Waals surface area contributed by atoms with Crippen molar-refractivity contribution in [2.75, 3.05) is 13.7 Å². The first-order chi connectivity index (χ1) is 16.5. The number of carbonyl (C=O) groups excluding carboxylic acids is 2. The van der Waals surface area contributed by atoms with E-state index in [0.29, 0.717) is 39.5 Å². The summed E-state index contributed by atoms with van der Waals surface area (Å²) in [6.45, 7) is 1.90. The van der Waals surface area contributed by atoms with Gasteiger partial charge < -0.3 is 19.4 Å². The van der Waals surface area contributed by atoms with E-state index in [9.17, 15) is 14.8 Å². The lowest BCUT2D eigenvalue weighted by molar-refractivity contribution is -0.580. The number of ether oxygens (including phenoxy) is 3. The number of nitrogens with zero attached hydrogens (tertiary/aromatic N) is 2. The van der Waals surface area contributed by atoms with Crippen molar-refractivity contribution in [3.63, 3.8) is 0 Å². The van der Waals surface area contributed by atoms with Crippen LogP contribution in [0.5, 0.6) is 11.5 Å². The number of ketones is 1. The molecular weight excluding hydrogens is 436 g/mol. The molecule has 8 nitrogen and oxygen atoms in total. The van der Waals surface area contributed by atoms with Gasteiger partial charge in [-0.05, 0) is 43.3 Å². The smallest absolute Gasteiger partial charge is 0.338 e. The van der Waals surface area contributed by atoms with Crippen LogP contribution in [0.3, 0.4) is 0 Å². The summed E-state index contributed by atoms with van der Waals surface area (Å²) in [6.07, 6.45) is 0. The molecule has 0 unspecified atom stereocenters. The third-order valence-corrected chi connectivity index (χ3v) is 5.13. The van der Waals surface area contributed by atoms with Gasteiger partial charge in [-0.1, -0.05) is 30.3 Å². The topological polar surface area (TPSA) is 102 Å². The van der Waals surface area contributed by atoms with Gasteiger partial charge in [0.25, 0.3) is 11.5 Å². The van der Waals surface area contributed by atoms with Gasteiger partial charge in [0.1, 0.15) is 23.6 Å². The Balaban J connectivity index is 1.73. The molecular formula is C26H22N2O6. The van der Waals surface area contributed by atoms with E-state index in [2.05, 4.69) is 4.98 Å². The summed E-state index contributed by atoms with van der Waals surface area (Å²) in [5.74, 6) is -0.0605. The highest BCUT2D eigenvalue weighted by Crippen LogP contribution is 2.21. The van der Waals surface area contributed by atoms with Crippen LogP contribution in [0.1, 0.15) is 39.0 Å². The molecule has 172 valence electrons. The Morgan fingerprint density at radius 1 is 0.941 bits per heavy atom. The van der Waals surface area contributed by atoms with E-state index in [-0.39, 0.29) is 23.5 Å². The molecule has 8 heteroatoms. The predicted molar refractivity (Wildman–Crippen MR) is 124 cm³/mol. The van der Waals surface area contributed by atoms with Crippen LogP contribution < -0.4 is 14.2 Å². The Kier molecular flexibility index (Phi) is 6.68. The van der Waals surface area contributed by atoms with Crippen molar-refractivity contribution < 1.29 is 28.5 Å². The number of hydrogen-bond donors (Lipinski definition) is 0. The Hall–Kier alpha value is -4.46. The molecule has 3 aromatic carbocycles. The minimum absolute atomic E-state index is 0.0578. The second-order valence-corrected chi connectivity index (χ2v) is 7.28. The fourth-order valence-corrected chi connectivity index (χ4v) is 3.45. The number of carbonyl (C=O) groups is 2. The van der Waals surface area contributed by atoms with E-state index in [1.54, 1.807) is 66.7 Å². The molecule has 0 bridgehead atoms. The summed E-state index contributed by atoms with van der Waals surface area (Å²) >= 11 is 0. The molecule has 0 aliphatic rings. The summed E-state index contributed by atoms with van der Waals surface area (Å²) < 4.78 is 16.5. The molecule has 0 radical (unpaired) electrons. The van der Waals surface area contributed by atoms with E-state index in [1.807, 2.05) is 6.92 Å². The second-order valence-electron chi connectivity index (χ2n) is 7.28. The van der Waals surface area contributed by atoms with Crippen LogP contribution in [0.15, 0.2) is 72.8 Å². The lowest BCUT2D eigenvalue weighted by Crippen LogP contribution is -2.38. The quantitative estimate of drug-likeness (QED) is 0.171. The third kappa shape index (κ3) is 4.66.